The summed E-state index contributed by atoms with van der Waals surface area (Å²) in [4.78, 5) is 0. The molecule has 0 saturated heterocycles. The molecule has 0 amide bonds. The van der Waals surface area contributed by atoms with Crippen LogP contribution < -0.4 is 14.2 Å². The van der Waals surface area contributed by atoms with E-state index in [4.69, 9.17) is 19.6 Å². The lowest BCUT2D eigenvalue weighted by Gasteiger charge is -2.28. The molecule has 0 radical (unpaired) electrons. The topological polar surface area (TPSA) is 104 Å². The van der Waals surface area contributed by atoms with E-state index in [2.05, 4.69) is 16.3 Å². The lowest BCUT2D eigenvalue weighted by molar-refractivity contribution is 0.284. The SMILES string of the molecule is CCc1[nH]nc2c1C(c1ccc(OCc3ccccc3)c(OC)c1)C(C#N)C(=N)O2. The number of aromatic nitrogens is 2. The second-order valence-electron chi connectivity index (χ2n) is 7.01. The first kappa shape index (κ1) is 19.5. The van der Waals surface area contributed by atoms with E-state index >= 15 is 0 Å². The summed E-state index contributed by atoms with van der Waals surface area (Å²) in [7, 11) is 1.59. The highest BCUT2D eigenvalue weighted by atomic mass is 16.5. The van der Waals surface area contributed by atoms with Gasteiger partial charge in [-0.1, -0.05) is 43.3 Å². The van der Waals surface area contributed by atoms with E-state index in [-0.39, 0.29) is 11.8 Å². The molecule has 30 heavy (non-hydrogen) atoms. The van der Waals surface area contributed by atoms with Gasteiger partial charge in [0.1, 0.15) is 12.5 Å². The highest BCUT2D eigenvalue weighted by Crippen LogP contribution is 2.44. The zero-order chi connectivity index (χ0) is 21.1. The van der Waals surface area contributed by atoms with Crippen molar-refractivity contribution in [3.05, 3.63) is 70.9 Å². The predicted molar refractivity (Wildman–Crippen MR) is 111 cm³/mol. The molecule has 1 aliphatic heterocycles. The minimum atomic E-state index is -0.749. The van der Waals surface area contributed by atoms with Crippen molar-refractivity contribution in [3.63, 3.8) is 0 Å². The van der Waals surface area contributed by atoms with Gasteiger partial charge < -0.3 is 14.2 Å². The highest BCUT2D eigenvalue weighted by molar-refractivity contribution is 5.84. The number of nitriles is 1. The first-order valence-corrected chi connectivity index (χ1v) is 9.74. The zero-order valence-electron chi connectivity index (χ0n) is 16.8. The largest absolute Gasteiger partial charge is 0.493 e. The van der Waals surface area contributed by atoms with Gasteiger partial charge in [-0.3, -0.25) is 10.5 Å². The Morgan fingerprint density at radius 3 is 2.70 bits per heavy atom. The van der Waals surface area contributed by atoms with Crippen LogP contribution in [0.25, 0.3) is 0 Å². The summed E-state index contributed by atoms with van der Waals surface area (Å²) in [6, 6.07) is 17.7. The van der Waals surface area contributed by atoms with Crippen molar-refractivity contribution in [1.29, 1.82) is 10.7 Å². The Labute approximate surface area is 174 Å². The number of aryl methyl sites for hydroxylation is 1. The van der Waals surface area contributed by atoms with Gasteiger partial charge in [0, 0.05) is 17.2 Å². The minimum absolute atomic E-state index is 0.104. The third-order valence-corrected chi connectivity index (χ3v) is 5.26. The van der Waals surface area contributed by atoms with Crippen LogP contribution in [0, 0.1) is 22.7 Å². The average molecular weight is 402 g/mol. The van der Waals surface area contributed by atoms with E-state index in [9.17, 15) is 5.26 Å². The van der Waals surface area contributed by atoms with E-state index in [1.54, 1.807) is 7.11 Å². The number of nitrogens with zero attached hydrogens (tertiary/aromatic N) is 2. The fourth-order valence-electron chi connectivity index (χ4n) is 3.75. The van der Waals surface area contributed by atoms with Crippen molar-refractivity contribution in [3.8, 4) is 23.4 Å². The second-order valence-corrected chi connectivity index (χ2v) is 7.01. The summed E-state index contributed by atoms with van der Waals surface area (Å²) in [6.07, 6.45) is 0.711. The number of H-pyrrole nitrogens is 1. The summed E-state index contributed by atoms with van der Waals surface area (Å²) in [5.41, 5.74) is 3.61. The summed E-state index contributed by atoms with van der Waals surface area (Å²) in [6.45, 7) is 2.43. The van der Waals surface area contributed by atoms with E-state index in [1.165, 1.54) is 0 Å². The number of hydrogen-bond donors (Lipinski definition) is 2. The van der Waals surface area contributed by atoms with E-state index < -0.39 is 5.92 Å². The zero-order valence-corrected chi connectivity index (χ0v) is 16.8. The quantitative estimate of drug-likeness (QED) is 0.643. The molecule has 2 atom stereocenters. The minimum Gasteiger partial charge on any atom is -0.493 e. The molecule has 0 spiro atoms. The number of aromatic amines is 1. The van der Waals surface area contributed by atoms with Crippen LogP contribution in [0.4, 0.5) is 0 Å². The van der Waals surface area contributed by atoms with Crippen LogP contribution in [0.2, 0.25) is 0 Å². The molecule has 2 unspecified atom stereocenters. The molecule has 1 aliphatic rings. The van der Waals surface area contributed by atoms with Crippen molar-refractivity contribution in [2.45, 2.75) is 25.9 Å². The molecule has 2 heterocycles. The molecule has 0 saturated carbocycles. The van der Waals surface area contributed by atoms with Gasteiger partial charge in [-0.15, -0.1) is 5.10 Å². The van der Waals surface area contributed by atoms with E-state index in [1.807, 2.05) is 55.5 Å². The summed E-state index contributed by atoms with van der Waals surface area (Å²) >= 11 is 0. The molecule has 3 aromatic rings. The molecule has 0 bridgehead atoms. The van der Waals surface area contributed by atoms with Crippen molar-refractivity contribution in [1.82, 2.24) is 10.2 Å². The van der Waals surface area contributed by atoms with E-state index in [0.29, 0.717) is 30.4 Å². The Bertz CT molecular complexity index is 1100. The van der Waals surface area contributed by atoms with Gasteiger partial charge in [0.15, 0.2) is 11.5 Å². The molecular weight excluding hydrogens is 380 g/mol. The Kier molecular flexibility index (Phi) is 5.40. The molecule has 1 aromatic heterocycles. The van der Waals surface area contributed by atoms with Gasteiger partial charge in [0.25, 0.3) is 0 Å². The van der Waals surface area contributed by atoms with Crippen LogP contribution >= 0.6 is 0 Å². The maximum absolute atomic E-state index is 9.75. The van der Waals surface area contributed by atoms with Crippen molar-refractivity contribution < 1.29 is 14.2 Å². The summed E-state index contributed by atoms with van der Waals surface area (Å²) in [5, 5.41) is 25.1. The maximum Gasteiger partial charge on any atom is 0.243 e. The standard InChI is InChI=1S/C23H22N4O3/c1-3-17-21-20(16(12-24)22(25)30-23(21)27-26-17)15-9-10-18(19(11-15)28-2)29-13-14-7-5-4-6-8-14/h4-11,16,20,25H,3,13H2,1-2H3,(H,26,27). The number of nitrogens with one attached hydrogen (secondary N) is 2. The van der Waals surface area contributed by atoms with Gasteiger partial charge in [-0.25, -0.2) is 0 Å². The van der Waals surface area contributed by atoms with Gasteiger partial charge >= 0.3 is 0 Å². The molecular formula is C23H22N4O3. The molecule has 7 heteroatoms. The van der Waals surface area contributed by atoms with Crippen molar-refractivity contribution in [2.75, 3.05) is 7.11 Å². The lowest BCUT2D eigenvalue weighted by Crippen LogP contribution is -2.31. The van der Waals surface area contributed by atoms with Gasteiger partial charge in [0.05, 0.1) is 13.2 Å². The predicted octanol–water partition coefficient (Wildman–Crippen LogP) is 4.20. The number of rotatable bonds is 6. The molecule has 4 rings (SSSR count). The Morgan fingerprint density at radius 1 is 1.20 bits per heavy atom. The summed E-state index contributed by atoms with van der Waals surface area (Å²) < 4.78 is 17.0. The third kappa shape index (κ3) is 3.48. The fourth-order valence-corrected chi connectivity index (χ4v) is 3.75. The van der Waals surface area contributed by atoms with Crippen LogP contribution in [0.3, 0.4) is 0 Å². The summed E-state index contributed by atoms with van der Waals surface area (Å²) in [5.74, 6) is 0.313. The molecule has 0 aliphatic carbocycles. The molecule has 0 fully saturated rings. The molecule has 7 nitrogen and oxygen atoms in total. The Morgan fingerprint density at radius 2 is 2.00 bits per heavy atom. The van der Waals surface area contributed by atoms with Gasteiger partial charge in [0.2, 0.25) is 11.8 Å². The third-order valence-electron chi connectivity index (χ3n) is 5.26. The average Bonchev–Trinajstić information content (AvgIpc) is 3.19. The molecule has 2 aromatic carbocycles. The maximum atomic E-state index is 9.75. The number of hydrogen-bond acceptors (Lipinski definition) is 6. The highest BCUT2D eigenvalue weighted by Gasteiger charge is 2.40. The number of benzene rings is 2. The Hall–Kier alpha value is -3.79. The second kappa shape index (κ2) is 8.29. The first-order valence-electron chi connectivity index (χ1n) is 9.74. The van der Waals surface area contributed by atoms with Crippen LogP contribution in [0.5, 0.6) is 17.4 Å². The normalized spacial score (nSPS) is 17.6. The van der Waals surface area contributed by atoms with Crippen molar-refractivity contribution >= 4 is 5.90 Å². The monoisotopic (exact) mass is 402 g/mol. The fraction of sp³-hybridized carbons (Fsp3) is 0.261. The van der Waals surface area contributed by atoms with Crippen LogP contribution in [-0.4, -0.2) is 23.2 Å². The number of fused-ring (bicyclic) bond motifs is 1. The number of methoxy groups -OCH3 is 1. The Balaban J connectivity index is 1.70. The molecule has 152 valence electrons. The number of ether oxygens (including phenoxy) is 3. The van der Waals surface area contributed by atoms with Crippen LogP contribution in [-0.2, 0) is 13.0 Å². The van der Waals surface area contributed by atoms with Gasteiger partial charge in [-0.2, -0.15) is 5.26 Å². The molecule has 2 N–H and O–H groups in total. The first-order chi connectivity index (χ1) is 14.7. The smallest absolute Gasteiger partial charge is 0.243 e. The van der Waals surface area contributed by atoms with Crippen LogP contribution in [0.15, 0.2) is 48.5 Å². The van der Waals surface area contributed by atoms with Crippen LogP contribution in [0.1, 0.15) is 35.2 Å². The van der Waals surface area contributed by atoms with Gasteiger partial charge in [-0.05, 0) is 29.7 Å². The van der Waals surface area contributed by atoms with E-state index in [0.717, 1.165) is 22.4 Å². The van der Waals surface area contributed by atoms with Crippen molar-refractivity contribution in [2.24, 2.45) is 5.92 Å². The lowest BCUT2D eigenvalue weighted by atomic mass is 9.79.